The fourth-order valence-electron chi connectivity index (χ4n) is 1.19. The molecule has 0 aliphatic carbocycles. The van der Waals surface area contributed by atoms with Crippen molar-refractivity contribution in [1.29, 1.82) is 0 Å². The van der Waals surface area contributed by atoms with E-state index in [1.54, 1.807) is 12.4 Å². The van der Waals surface area contributed by atoms with Gasteiger partial charge < -0.3 is 20.8 Å². The van der Waals surface area contributed by atoms with E-state index in [1.807, 2.05) is 10.8 Å². The van der Waals surface area contributed by atoms with Gasteiger partial charge in [0.2, 0.25) is 0 Å². The quantitative estimate of drug-likeness (QED) is 0.582. The van der Waals surface area contributed by atoms with Crippen LogP contribution >= 0.6 is 22.7 Å². The maximum Gasteiger partial charge on any atom is 0.184 e. The number of rotatable bonds is 6. The van der Waals surface area contributed by atoms with Gasteiger partial charge in [0, 0.05) is 23.2 Å². The van der Waals surface area contributed by atoms with Crippen molar-refractivity contribution in [2.75, 3.05) is 17.2 Å². The number of aromatic nitrogens is 2. The third-order valence-corrected chi connectivity index (χ3v) is 3.40. The van der Waals surface area contributed by atoms with Crippen molar-refractivity contribution in [2.45, 2.75) is 12.3 Å². The number of nitrogens with zero attached hydrogens (tertiary/aromatic N) is 2. The number of anilines is 2. The van der Waals surface area contributed by atoms with E-state index in [9.17, 15) is 5.11 Å². The topological polar surface area (TPSA) is 90.3 Å². The molecule has 2 aromatic rings. The summed E-state index contributed by atoms with van der Waals surface area (Å²) in [5, 5.41) is 29.7. The van der Waals surface area contributed by atoms with E-state index in [4.69, 9.17) is 5.11 Å². The minimum absolute atomic E-state index is 0.346. The van der Waals surface area contributed by atoms with Crippen LogP contribution in [0.2, 0.25) is 0 Å². The molecule has 0 saturated heterocycles. The number of hydrogen-bond acceptors (Lipinski definition) is 8. The smallest absolute Gasteiger partial charge is 0.184 e. The van der Waals surface area contributed by atoms with E-state index in [2.05, 4.69) is 20.6 Å². The third-order valence-electron chi connectivity index (χ3n) is 1.99. The summed E-state index contributed by atoms with van der Waals surface area (Å²) in [6, 6.07) is 0. The van der Waals surface area contributed by atoms with E-state index >= 15 is 0 Å². The van der Waals surface area contributed by atoms with Crippen LogP contribution in [0, 0.1) is 0 Å². The lowest BCUT2D eigenvalue weighted by Crippen LogP contribution is -2.42. The zero-order valence-corrected chi connectivity index (χ0v) is 10.4. The molecule has 0 aliphatic rings. The van der Waals surface area contributed by atoms with Crippen LogP contribution < -0.4 is 10.6 Å². The number of thiazole rings is 2. The van der Waals surface area contributed by atoms with Crippen molar-refractivity contribution in [3.05, 3.63) is 23.2 Å². The lowest BCUT2D eigenvalue weighted by molar-refractivity contribution is 0.0858. The van der Waals surface area contributed by atoms with Gasteiger partial charge in [-0.3, -0.25) is 0 Å². The molecule has 0 amide bonds. The Morgan fingerprint density at radius 1 is 1.12 bits per heavy atom. The molecule has 0 spiro atoms. The fourth-order valence-corrected chi connectivity index (χ4v) is 2.32. The molecule has 4 N–H and O–H groups in total. The Bertz CT molecular complexity index is 384. The van der Waals surface area contributed by atoms with Gasteiger partial charge in [-0.15, -0.1) is 22.7 Å². The molecule has 0 bridgehead atoms. The highest BCUT2D eigenvalue weighted by Crippen LogP contribution is 2.17. The molecular weight excluding hydrogens is 260 g/mol. The predicted octanol–water partition coefficient (Wildman–Crippen LogP) is 0.803. The van der Waals surface area contributed by atoms with Crippen LogP contribution in [0.15, 0.2) is 23.2 Å². The second-order valence-corrected chi connectivity index (χ2v) is 4.98. The van der Waals surface area contributed by atoms with Gasteiger partial charge in [-0.25, -0.2) is 9.97 Å². The first-order valence-corrected chi connectivity index (χ1v) is 6.66. The first-order chi connectivity index (χ1) is 8.29. The number of hydrogen-bond donors (Lipinski definition) is 4. The highest BCUT2D eigenvalue weighted by atomic mass is 32.1. The molecule has 2 heterocycles. The van der Waals surface area contributed by atoms with Crippen molar-refractivity contribution >= 4 is 32.9 Å². The van der Waals surface area contributed by atoms with Crippen LogP contribution in [0.25, 0.3) is 0 Å². The van der Waals surface area contributed by atoms with E-state index in [-0.39, 0.29) is 6.61 Å². The fraction of sp³-hybridized carbons (Fsp3) is 0.333. The summed E-state index contributed by atoms with van der Waals surface area (Å²) in [5.74, 6) is 0. The van der Waals surface area contributed by atoms with Crippen LogP contribution in [0.1, 0.15) is 0 Å². The Morgan fingerprint density at radius 3 is 2.00 bits per heavy atom. The lowest BCUT2D eigenvalue weighted by Gasteiger charge is -2.23. The summed E-state index contributed by atoms with van der Waals surface area (Å²) in [4.78, 5) is 8.12. The first-order valence-electron chi connectivity index (χ1n) is 4.90. The normalized spacial score (nSPS) is 12.6. The van der Waals surface area contributed by atoms with Gasteiger partial charge in [-0.1, -0.05) is 0 Å². The zero-order valence-electron chi connectivity index (χ0n) is 8.78. The average Bonchev–Trinajstić information content (AvgIpc) is 3.00. The maximum absolute atomic E-state index is 9.69. The molecule has 0 saturated carbocycles. The molecule has 8 heteroatoms. The molecule has 92 valence electrons. The van der Waals surface area contributed by atoms with Gasteiger partial charge in [0.1, 0.15) is 12.3 Å². The Hall–Kier alpha value is -1.22. The standard InChI is InChI=1S/C9H12N4O2S2/c14-5-6(15)7(12-8-10-1-3-16-8)13-9-11-2-4-17-9/h1-4,6-7,14-15H,5H2,(H,10,12)(H,11,13)/t6-/m1/s1. The number of nitrogens with one attached hydrogen (secondary N) is 2. The van der Waals surface area contributed by atoms with Crippen LogP contribution in [0.4, 0.5) is 10.3 Å². The monoisotopic (exact) mass is 272 g/mol. The molecule has 0 aromatic carbocycles. The summed E-state index contributed by atoms with van der Waals surface area (Å²) in [6.07, 6.45) is 1.86. The summed E-state index contributed by atoms with van der Waals surface area (Å²) in [5.41, 5.74) is 0. The zero-order chi connectivity index (χ0) is 12.1. The minimum Gasteiger partial charge on any atom is -0.394 e. The van der Waals surface area contributed by atoms with Crippen molar-refractivity contribution in [3.63, 3.8) is 0 Å². The highest BCUT2D eigenvalue weighted by Gasteiger charge is 2.19. The number of aliphatic hydroxyl groups is 2. The van der Waals surface area contributed by atoms with Crippen molar-refractivity contribution < 1.29 is 10.2 Å². The summed E-state index contributed by atoms with van der Waals surface area (Å²) in [6.45, 7) is -0.346. The molecule has 17 heavy (non-hydrogen) atoms. The molecule has 2 aromatic heterocycles. The summed E-state index contributed by atoms with van der Waals surface area (Å²) >= 11 is 2.84. The molecule has 0 unspecified atom stereocenters. The largest absolute Gasteiger partial charge is 0.394 e. The summed E-state index contributed by atoms with van der Waals surface area (Å²) < 4.78 is 0. The van der Waals surface area contributed by atoms with Gasteiger partial charge in [0.15, 0.2) is 10.3 Å². The Balaban J connectivity index is 2.03. The number of aliphatic hydroxyl groups excluding tert-OH is 2. The highest BCUT2D eigenvalue weighted by molar-refractivity contribution is 7.14. The summed E-state index contributed by atoms with van der Waals surface area (Å²) in [7, 11) is 0. The van der Waals surface area contributed by atoms with Crippen LogP contribution in [0.5, 0.6) is 0 Å². The average molecular weight is 272 g/mol. The van der Waals surface area contributed by atoms with E-state index in [0.717, 1.165) is 0 Å². The van der Waals surface area contributed by atoms with Gasteiger partial charge >= 0.3 is 0 Å². The van der Waals surface area contributed by atoms with Gasteiger partial charge in [0.05, 0.1) is 6.61 Å². The van der Waals surface area contributed by atoms with E-state index < -0.39 is 12.3 Å². The molecule has 0 aliphatic heterocycles. The first kappa shape index (κ1) is 12.2. The minimum atomic E-state index is -0.942. The molecule has 1 atom stereocenters. The van der Waals surface area contributed by atoms with Gasteiger partial charge in [-0.05, 0) is 0 Å². The third kappa shape index (κ3) is 3.37. The van der Waals surface area contributed by atoms with Gasteiger partial charge in [-0.2, -0.15) is 0 Å². The Labute approximate surface area is 106 Å². The predicted molar refractivity (Wildman–Crippen MR) is 68.4 cm³/mol. The molecule has 0 radical (unpaired) electrons. The van der Waals surface area contributed by atoms with Crippen molar-refractivity contribution in [1.82, 2.24) is 9.97 Å². The second kappa shape index (κ2) is 5.92. The Morgan fingerprint density at radius 2 is 1.65 bits per heavy atom. The second-order valence-electron chi connectivity index (χ2n) is 3.19. The molecular formula is C9H12N4O2S2. The van der Waals surface area contributed by atoms with Gasteiger partial charge in [0.25, 0.3) is 0 Å². The lowest BCUT2D eigenvalue weighted by atomic mass is 10.3. The molecule has 2 rings (SSSR count). The molecule has 0 fully saturated rings. The Kier molecular flexibility index (Phi) is 4.26. The van der Waals surface area contributed by atoms with E-state index in [0.29, 0.717) is 10.3 Å². The maximum atomic E-state index is 9.69. The van der Waals surface area contributed by atoms with Crippen LogP contribution in [-0.4, -0.2) is 39.1 Å². The van der Waals surface area contributed by atoms with E-state index in [1.165, 1.54) is 22.7 Å². The SMILES string of the molecule is OC[C@@H](O)C(Nc1nccs1)Nc1nccs1. The molecule has 6 nitrogen and oxygen atoms in total. The van der Waals surface area contributed by atoms with Crippen LogP contribution in [0.3, 0.4) is 0 Å². The van der Waals surface area contributed by atoms with Crippen molar-refractivity contribution in [2.24, 2.45) is 0 Å². The van der Waals surface area contributed by atoms with Crippen LogP contribution in [-0.2, 0) is 0 Å². The van der Waals surface area contributed by atoms with Crippen molar-refractivity contribution in [3.8, 4) is 0 Å².